The lowest BCUT2D eigenvalue weighted by Gasteiger charge is -2.03. The molecule has 0 saturated heterocycles. The molecule has 0 aromatic carbocycles. The van der Waals surface area contributed by atoms with Gasteiger partial charge in [0.2, 0.25) is 5.91 Å². The van der Waals surface area contributed by atoms with Crippen molar-refractivity contribution < 1.29 is 11.0 Å². The molecule has 1 N–H and O–H groups in total. The quantitative estimate of drug-likeness (QED) is 0.612. The second-order valence-corrected chi connectivity index (χ2v) is 3.45. The van der Waals surface area contributed by atoms with Crippen LogP contribution in [0, 0.1) is 0 Å². The Kier molecular flexibility index (Phi) is 8.19. The average Bonchev–Trinajstić information content (AvgIpc) is 2.17. The van der Waals surface area contributed by atoms with Crippen molar-refractivity contribution in [1.29, 1.82) is 0 Å². The number of hydrogen-bond acceptors (Lipinski definition) is 2. The minimum Gasteiger partial charge on any atom is -0.356 e. The minimum absolute atomic E-state index is 0. The highest BCUT2D eigenvalue weighted by Gasteiger charge is 1.99. The predicted octanol–water partition coefficient (Wildman–Crippen LogP) is 2.30. The SMILES string of the molecule is CCCC(=O)NCCCCC(=O)CC.[HH]. The second kappa shape index (κ2) is 8.73. The Balaban J connectivity index is 0. The molecule has 0 aliphatic rings. The number of unbranched alkanes of at least 4 members (excludes halogenated alkanes) is 1. The maximum Gasteiger partial charge on any atom is 0.219 e. The number of Topliss-reactive ketones (excluding diaryl/α,β-unsaturated/α-hetero) is 1. The summed E-state index contributed by atoms with van der Waals surface area (Å²) in [4.78, 5) is 21.9. The molecular weight excluding hydrogens is 178 g/mol. The second-order valence-electron chi connectivity index (χ2n) is 3.45. The largest absolute Gasteiger partial charge is 0.356 e. The van der Waals surface area contributed by atoms with Crippen molar-refractivity contribution in [3.8, 4) is 0 Å². The molecule has 0 unspecified atom stereocenters. The normalized spacial score (nSPS) is 9.86. The van der Waals surface area contributed by atoms with E-state index in [9.17, 15) is 9.59 Å². The van der Waals surface area contributed by atoms with Crippen LogP contribution in [0.5, 0.6) is 0 Å². The first-order valence-electron chi connectivity index (χ1n) is 5.49. The van der Waals surface area contributed by atoms with Gasteiger partial charge in [0.1, 0.15) is 5.78 Å². The highest BCUT2D eigenvalue weighted by Crippen LogP contribution is 1.98. The van der Waals surface area contributed by atoms with Crippen LogP contribution in [0.25, 0.3) is 0 Å². The van der Waals surface area contributed by atoms with Gasteiger partial charge in [0.05, 0.1) is 0 Å². The molecule has 0 saturated carbocycles. The van der Waals surface area contributed by atoms with Gasteiger partial charge in [-0.25, -0.2) is 0 Å². The molecule has 0 aromatic heterocycles. The van der Waals surface area contributed by atoms with Gasteiger partial charge in [0.15, 0.2) is 0 Å². The van der Waals surface area contributed by atoms with Crippen molar-refractivity contribution in [1.82, 2.24) is 5.32 Å². The monoisotopic (exact) mass is 201 g/mol. The zero-order chi connectivity index (χ0) is 10.8. The number of carbonyl (C=O) groups is 2. The molecule has 1 amide bonds. The molecule has 0 spiro atoms. The van der Waals surface area contributed by atoms with Crippen molar-refractivity contribution in [3.63, 3.8) is 0 Å². The summed E-state index contributed by atoms with van der Waals surface area (Å²) in [5, 5.41) is 2.83. The van der Waals surface area contributed by atoms with Crippen LogP contribution in [-0.4, -0.2) is 18.2 Å². The predicted molar refractivity (Wildman–Crippen MR) is 59.2 cm³/mol. The third-order valence-corrected chi connectivity index (χ3v) is 2.08. The van der Waals surface area contributed by atoms with Crippen molar-refractivity contribution >= 4 is 11.7 Å². The van der Waals surface area contributed by atoms with Crippen LogP contribution in [0.4, 0.5) is 0 Å². The Labute approximate surface area is 87.7 Å². The van der Waals surface area contributed by atoms with Crippen molar-refractivity contribution in [2.75, 3.05) is 6.54 Å². The summed E-state index contributed by atoms with van der Waals surface area (Å²) >= 11 is 0. The van der Waals surface area contributed by atoms with Gasteiger partial charge in [-0.3, -0.25) is 9.59 Å². The summed E-state index contributed by atoms with van der Waals surface area (Å²) in [6, 6.07) is 0. The maximum absolute atomic E-state index is 11.0. The van der Waals surface area contributed by atoms with Crippen molar-refractivity contribution in [2.45, 2.75) is 52.4 Å². The summed E-state index contributed by atoms with van der Waals surface area (Å²) in [6.45, 7) is 4.57. The molecule has 0 atom stereocenters. The van der Waals surface area contributed by atoms with Crippen LogP contribution in [0.2, 0.25) is 0 Å². The third-order valence-electron chi connectivity index (χ3n) is 2.08. The number of carbonyl (C=O) groups excluding carboxylic acids is 2. The summed E-state index contributed by atoms with van der Waals surface area (Å²) in [7, 11) is 0. The Hall–Kier alpha value is -0.860. The van der Waals surface area contributed by atoms with E-state index in [1.165, 1.54) is 0 Å². The molecule has 0 aliphatic carbocycles. The van der Waals surface area contributed by atoms with Gasteiger partial charge in [-0.2, -0.15) is 0 Å². The van der Waals surface area contributed by atoms with Gasteiger partial charge in [0, 0.05) is 27.2 Å². The summed E-state index contributed by atoms with van der Waals surface area (Å²) in [5.41, 5.74) is 0. The van der Waals surface area contributed by atoms with Crippen LogP contribution in [-0.2, 0) is 9.59 Å². The number of nitrogens with one attached hydrogen (secondary N) is 1. The summed E-state index contributed by atoms with van der Waals surface area (Å²) in [6.07, 6.45) is 4.57. The third kappa shape index (κ3) is 7.77. The number of hydrogen-bond donors (Lipinski definition) is 1. The topological polar surface area (TPSA) is 46.2 Å². The highest BCUT2D eigenvalue weighted by atomic mass is 16.1. The van der Waals surface area contributed by atoms with E-state index in [1.807, 2.05) is 13.8 Å². The lowest BCUT2D eigenvalue weighted by molar-refractivity contribution is -0.121. The molecule has 0 rings (SSSR count). The molecule has 0 radical (unpaired) electrons. The molecule has 0 aromatic rings. The van der Waals surface area contributed by atoms with E-state index < -0.39 is 0 Å². The van der Waals surface area contributed by atoms with Gasteiger partial charge in [-0.1, -0.05) is 13.8 Å². The molecule has 84 valence electrons. The van der Waals surface area contributed by atoms with Crippen LogP contribution in [0.3, 0.4) is 0 Å². The smallest absolute Gasteiger partial charge is 0.219 e. The maximum atomic E-state index is 11.0. The van der Waals surface area contributed by atoms with Gasteiger partial charge in [-0.05, 0) is 19.3 Å². The first-order valence-corrected chi connectivity index (χ1v) is 5.49. The Morgan fingerprint density at radius 1 is 1.14 bits per heavy atom. The zero-order valence-corrected chi connectivity index (χ0v) is 9.27. The summed E-state index contributed by atoms with van der Waals surface area (Å²) in [5.74, 6) is 0.430. The van der Waals surface area contributed by atoms with Crippen LogP contribution in [0.15, 0.2) is 0 Å². The van der Waals surface area contributed by atoms with Crippen LogP contribution >= 0.6 is 0 Å². The lowest BCUT2D eigenvalue weighted by Crippen LogP contribution is -2.23. The molecular formula is C11H23NO2. The Bertz CT molecular complexity index is 183. The molecule has 3 nitrogen and oxygen atoms in total. The van der Waals surface area contributed by atoms with Crippen LogP contribution in [0.1, 0.15) is 53.8 Å². The fourth-order valence-corrected chi connectivity index (χ4v) is 1.17. The molecule has 0 heterocycles. The summed E-state index contributed by atoms with van der Waals surface area (Å²) < 4.78 is 0. The van der Waals surface area contributed by atoms with Gasteiger partial charge >= 0.3 is 0 Å². The van der Waals surface area contributed by atoms with Crippen molar-refractivity contribution in [3.05, 3.63) is 0 Å². The van der Waals surface area contributed by atoms with Gasteiger partial charge in [0.25, 0.3) is 0 Å². The number of rotatable bonds is 8. The van der Waals surface area contributed by atoms with E-state index in [4.69, 9.17) is 0 Å². The fourth-order valence-electron chi connectivity index (χ4n) is 1.17. The average molecular weight is 201 g/mol. The lowest BCUT2D eigenvalue weighted by atomic mass is 10.1. The molecule has 14 heavy (non-hydrogen) atoms. The highest BCUT2D eigenvalue weighted by molar-refractivity contribution is 5.78. The zero-order valence-electron chi connectivity index (χ0n) is 9.27. The first-order chi connectivity index (χ1) is 6.70. The minimum atomic E-state index is 0. The Morgan fingerprint density at radius 3 is 2.43 bits per heavy atom. The standard InChI is InChI=1S/C11H21NO2.H2/c1-3-7-11(14)12-9-6-5-8-10(13)4-2;/h3-9H2,1-2H3,(H,12,14);1H. The van der Waals surface area contributed by atoms with E-state index >= 15 is 0 Å². The van der Waals surface area contributed by atoms with Crippen molar-refractivity contribution in [2.24, 2.45) is 0 Å². The van der Waals surface area contributed by atoms with E-state index in [0.717, 1.165) is 19.3 Å². The van der Waals surface area contributed by atoms with E-state index in [2.05, 4.69) is 5.32 Å². The van der Waals surface area contributed by atoms with E-state index in [1.54, 1.807) is 0 Å². The van der Waals surface area contributed by atoms with E-state index in [0.29, 0.717) is 31.6 Å². The van der Waals surface area contributed by atoms with Gasteiger partial charge in [-0.15, -0.1) is 0 Å². The Morgan fingerprint density at radius 2 is 1.86 bits per heavy atom. The molecule has 0 bridgehead atoms. The fraction of sp³-hybridized carbons (Fsp3) is 0.818. The number of amides is 1. The van der Waals surface area contributed by atoms with E-state index in [-0.39, 0.29) is 7.33 Å². The first kappa shape index (κ1) is 13.1. The molecule has 3 heteroatoms. The molecule has 0 aliphatic heterocycles. The number of ketones is 1. The van der Waals surface area contributed by atoms with Crippen LogP contribution < -0.4 is 5.32 Å². The molecule has 0 fully saturated rings. The van der Waals surface area contributed by atoms with Gasteiger partial charge < -0.3 is 5.32 Å².